The smallest absolute Gasteiger partial charge is 0.319 e. The molecule has 0 fully saturated rings. The number of anilines is 1. The molecule has 0 spiro atoms. The molecule has 0 saturated carbocycles. The second-order valence-corrected chi connectivity index (χ2v) is 7.04. The van der Waals surface area contributed by atoms with Crippen LogP contribution in [0.4, 0.5) is 10.5 Å². The van der Waals surface area contributed by atoms with E-state index >= 15 is 0 Å². The van der Waals surface area contributed by atoms with Gasteiger partial charge in [0.1, 0.15) is 5.75 Å². The summed E-state index contributed by atoms with van der Waals surface area (Å²) in [6.07, 6.45) is 2.05. The topological polar surface area (TPSA) is 55.3 Å². The van der Waals surface area contributed by atoms with Crippen LogP contribution in [0.15, 0.2) is 54.7 Å². The normalized spacial score (nSPS) is 10.6. The summed E-state index contributed by atoms with van der Waals surface area (Å²) in [7, 11) is 1.60. The lowest BCUT2D eigenvalue weighted by molar-refractivity contribution is 0.251. The fourth-order valence-electron chi connectivity index (χ4n) is 3.44. The molecule has 5 heteroatoms. The van der Waals surface area contributed by atoms with Gasteiger partial charge in [-0.1, -0.05) is 23.8 Å². The molecule has 1 heterocycles. The van der Waals surface area contributed by atoms with Gasteiger partial charge in [0, 0.05) is 30.2 Å². The fourth-order valence-corrected chi connectivity index (χ4v) is 3.44. The summed E-state index contributed by atoms with van der Waals surface area (Å²) in [4.78, 5) is 12.3. The van der Waals surface area contributed by atoms with Crippen molar-refractivity contribution in [3.8, 4) is 5.75 Å². The summed E-state index contributed by atoms with van der Waals surface area (Å²) in [5.74, 6) is 0.704. The standard InChI is InChI=1S/C23H27N3O2/c1-16-11-17(2)22(18(3)12-16)15-26-10-6-8-20(26)14-24-23(27)25-19-7-5-9-21(13-19)28-4/h5-13H,14-15H2,1-4H3,(H2,24,25,27). The Labute approximate surface area is 166 Å². The number of hydrogen-bond acceptors (Lipinski definition) is 2. The minimum atomic E-state index is -0.247. The highest BCUT2D eigenvalue weighted by molar-refractivity contribution is 5.89. The molecule has 0 unspecified atom stereocenters. The van der Waals surface area contributed by atoms with E-state index in [1.54, 1.807) is 13.2 Å². The number of methoxy groups -OCH3 is 1. The predicted octanol–water partition coefficient (Wildman–Crippen LogP) is 4.79. The minimum absolute atomic E-state index is 0.247. The summed E-state index contributed by atoms with van der Waals surface area (Å²) in [5, 5.41) is 5.76. The van der Waals surface area contributed by atoms with E-state index in [2.05, 4.69) is 54.3 Å². The number of nitrogens with zero attached hydrogens (tertiary/aromatic N) is 1. The van der Waals surface area contributed by atoms with Gasteiger partial charge in [-0.05, 0) is 61.7 Å². The molecule has 3 rings (SSSR count). The summed E-state index contributed by atoms with van der Waals surface area (Å²) >= 11 is 0. The van der Waals surface area contributed by atoms with Crippen LogP contribution in [0.25, 0.3) is 0 Å². The first kappa shape index (κ1) is 19.5. The molecule has 2 aromatic carbocycles. The lowest BCUT2D eigenvalue weighted by Gasteiger charge is -2.15. The van der Waals surface area contributed by atoms with Gasteiger partial charge in [-0.2, -0.15) is 0 Å². The Morgan fingerprint density at radius 2 is 1.79 bits per heavy atom. The van der Waals surface area contributed by atoms with Gasteiger partial charge in [-0.15, -0.1) is 0 Å². The van der Waals surface area contributed by atoms with Crippen molar-refractivity contribution in [2.24, 2.45) is 0 Å². The third-order valence-electron chi connectivity index (χ3n) is 4.85. The molecular formula is C23H27N3O2. The summed E-state index contributed by atoms with van der Waals surface area (Å²) < 4.78 is 7.36. The number of urea groups is 1. The quantitative estimate of drug-likeness (QED) is 0.649. The Hall–Kier alpha value is -3.21. The van der Waals surface area contributed by atoms with E-state index in [0.717, 1.165) is 12.2 Å². The zero-order valence-corrected chi connectivity index (χ0v) is 16.9. The van der Waals surface area contributed by atoms with E-state index in [-0.39, 0.29) is 6.03 Å². The lowest BCUT2D eigenvalue weighted by atomic mass is 10.00. The summed E-state index contributed by atoms with van der Waals surface area (Å²) in [6, 6.07) is 15.5. The van der Waals surface area contributed by atoms with Crippen molar-refractivity contribution in [1.29, 1.82) is 0 Å². The molecule has 2 N–H and O–H groups in total. The first-order chi connectivity index (χ1) is 13.5. The molecule has 0 aliphatic rings. The van der Waals surface area contributed by atoms with Crippen LogP contribution in [-0.2, 0) is 13.1 Å². The van der Waals surface area contributed by atoms with Gasteiger partial charge in [0.05, 0.1) is 13.7 Å². The number of benzene rings is 2. The molecule has 0 atom stereocenters. The number of ether oxygens (including phenoxy) is 1. The maximum absolute atomic E-state index is 12.3. The average Bonchev–Trinajstić information content (AvgIpc) is 3.10. The Balaban J connectivity index is 1.64. The molecule has 146 valence electrons. The Morgan fingerprint density at radius 1 is 1.04 bits per heavy atom. The molecule has 1 aromatic heterocycles. The number of carbonyl (C=O) groups excluding carboxylic acids is 1. The van der Waals surface area contributed by atoms with Crippen molar-refractivity contribution in [1.82, 2.24) is 9.88 Å². The van der Waals surface area contributed by atoms with Gasteiger partial charge in [-0.3, -0.25) is 0 Å². The third kappa shape index (κ3) is 4.74. The zero-order valence-electron chi connectivity index (χ0n) is 16.9. The highest BCUT2D eigenvalue weighted by Crippen LogP contribution is 2.19. The number of rotatable bonds is 6. The second kappa shape index (κ2) is 8.65. The molecule has 0 radical (unpaired) electrons. The minimum Gasteiger partial charge on any atom is -0.497 e. The van der Waals surface area contributed by atoms with Crippen LogP contribution in [0.3, 0.4) is 0 Å². The van der Waals surface area contributed by atoms with Crippen LogP contribution in [0.5, 0.6) is 5.75 Å². The van der Waals surface area contributed by atoms with Crippen molar-refractivity contribution < 1.29 is 9.53 Å². The molecule has 3 aromatic rings. The number of hydrogen-bond donors (Lipinski definition) is 2. The maximum atomic E-state index is 12.3. The van der Waals surface area contributed by atoms with Crippen LogP contribution >= 0.6 is 0 Å². The van der Waals surface area contributed by atoms with Crippen LogP contribution in [0, 0.1) is 20.8 Å². The van der Waals surface area contributed by atoms with Crippen LogP contribution in [-0.4, -0.2) is 17.7 Å². The van der Waals surface area contributed by atoms with Gasteiger partial charge in [0.25, 0.3) is 0 Å². The van der Waals surface area contributed by atoms with Gasteiger partial charge >= 0.3 is 6.03 Å². The van der Waals surface area contributed by atoms with Crippen molar-refractivity contribution in [2.75, 3.05) is 12.4 Å². The molecule has 0 bridgehead atoms. The Kier molecular flexibility index (Phi) is 6.04. The fraction of sp³-hybridized carbons (Fsp3) is 0.261. The van der Waals surface area contributed by atoms with Gasteiger partial charge in [-0.25, -0.2) is 4.79 Å². The number of aryl methyl sites for hydroxylation is 3. The Morgan fingerprint density at radius 3 is 2.50 bits per heavy atom. The van der Waals surface area contributed by atoms with Crippen LogP contribution in [0.2, 0.25) is 0 Å². The number of amides is 2. The predicted molar refractivity (Wildman–Crippen MR) is 113 cm³/mol. The van der Waals surface area contributed by atoms with E-state index in [0.29, 0.717) is 18.0 Å². The first-order valence-electron chi connectivity index (χ1n) is 9.36. The summed E-state index contributed by atoms with van der Waals surface area (Å²) in [5.41, 5.74) is 6.94. The van der Waals surface area contributed by atoms with E-state index in [1.807, 2.05) is 30.3 Å². The van der Waals surface area contributed by atoms with Gasteiger partial charge in [0.15, 0.2) is 0 Å². The average molecular weight is 377 g/mol. The third-order valence-corrected chi connectivity index (χ3v) is 4.85. The summed E-state index contributed by atoms with van der Waals surface area (Å²) in [6.45, 7) is 7.67. The molecule has 0 saturated heterocycles. The number of nitrogens with one attached hydrogen (secondary N) is 2. The maximum Gasteiger partial charge on any atom is 0.319 e. The molecule has 0 aliphatic carbocycles. The van der Waals surface area contributed by atoms with Crippen LogP contribution < -0.4 is 15.4 Å². The SMILES string of the molecule is COc1cccc(NC(=O)NCc2cccn2Cc2c(C)cc(C)cc2C)c1. The van der Waals surface area contributed by atoms with Crippen LogP contribution in [0.1, 0.15) is 27.9 Å². The van der Waals surface area contributed by atoms with Gasteiger partial charge < -0.3 is 19.9 Å². The van der Waals surface area contributed by atoms with Crippen molar-refractivity contribution >= 4 is 11.7 Å². The molecule has 0 aliphatic heterocycles. The monoisotopic (exact) mass is 377 g/mol. The van der Waals surface area contributed by atoms with Gasteiger partial charge in [0.2, 0.25) is 0 Å². The molecular weight excluding hydrogens is 350 g/mol. The zero-order chi connectivity index (χ0) is 20.1. The number of aromatic nitrogens is 1. The highest BCUT2D eigenvalue weighted by Gasteiger charge is 2.09. The lowest BCUT2D eigenvalue weighted by Crippen LogP contribution is -2.29. The largest absolute Gasteiger partial charge is 0.497 e. The first-order valence-corrected chi connectivity index (χ1v) is 9.36. The van der Waals surface area contributed by atoms with Crippen molar-refractivity contribution in [3.63, 3.8) is 0 Å². The van der Waals surface area contributed by atoms with E-state index < -0.39 is 0 Å². The van der Waals surface area contributed by atoms with E-state index in [9.17, 15) is 4.79 Å². The number of carbonyl (C=O) groups is 1. The molecule has 5 nitrogen and oxygen atoms in total. The van der Waals surface area contributed by atoms with E-state index in [1.165, 1.54) is 22.3 Å². The highest BCUT2D eigenvalue weighted by atomic mass is 16.5. The molecule has 2 amide bonds. The second-order valence-electron chi connectivity index (χ2n) is 7.04. The van der Waals surface area contributed by atoms with Crippen molar-refractivity contribution in [2.45, 2.75) is 33.9 Å². The van der Waals surface area contributed by atoms with E-state index in [4.69, 9.17) is 4.74 Å². The Bertz CT molecular complexity index is 952. The van der Waals surface area contributed by atoms with Crippen molar-refractivity contribution in [3.05, 3.63) is 82.7 Å². The molecule has 28 heavy (non-hydrogen) atoms.